The van der Waals surface area contributed by atoms with Crippen LogP contribution in [0.4, 0.5) is 5.69 Å². The average molecular weight is 254 g/mol. The fourth-order valence-corrected chi connectivity index (χ4v) is 2.06. The van der Waals surface area contributed by atoms with Crippen LogP contribution >= 0.6 is 11.6 Å². The summed E-state index contributed by atoms with van der Waals surface area (Å²) in [5, 5.41) is 0.348. The number of nitrogens with zero attached hydrogens (tertiary/aromatic N) is 1. The SMILES string of the molecule is COc1cc(Cl)c(OC)c2c1N=CC(C)C2=O. The van der Waals surface area contributed by atoms with Gasteiger partial charge in [0.2, 0.25) is 0 Å². The molecule has 90 valence electrons. The van der Waals surface area contributed by atoms with Gasteiger partial charge in [0.1, 0.15) is 11.4 Å². The van der Waals surface area contributed by atoms with Gasteiger partial charge in [0.15, 0.2) is 11.5 Å². The van der Waals surface area contributed by atoms with E-state index in [1.54, 1.807) is 19.2 Å². The summed E-state index contributed by atoms with van der Waals surface area (Å²) in [5.74, 6) is 0.491. The van der Waals surface area contributed by atoms with Crippen molar-refractivity contribution in [2.24, 2.45) is 10.9 Å². The highest BCUT2D eigenvalue weighted by atomic mass is 35.5. The zero-order valence-electron chi connectivity index (χ0n) is 9.78. The molecule has 0 bridgehead atoms. The molecule has 1 aromatic carbocycles. The van der Waals surface area contributed by atoms with Gasteiger partial charge in [-0.05, 0) is 0 Å². The van der Waals surface area contributed by atoms with E-state index in [0.717, 1.165) is 0 Å². The fourth-order valence-electron chi connectivity index (χ4n) is 1.79. The summed E-state index contributed by atoms with van der Waals surface area (Å²) < 4.78 is 10.3. The number of ketones is 1. The highest BCUT2D eigenvalue weighted by Gasteiger charge is 2.29. The number of Topliss-reactive ketones (excluding diaryl/α,β-unsaturated/α-hetero) is 1. The molecule has 17 heavy (non-hydrogen) atoms. The minimum atomic E-state index is -0.278. The first-order valence-corrected chi connectivity index (χ1v) is 5.50. The fraction of sp³-hybridized carbons (Fsp3) is 0.333. The summed E-state index contributed by atoms with van der Waals surface area (Å²) in [5.41, 5.74) is 0.878. The normalized spacial score (nSPS) is 17.9. The molecule has 5 heteroatoms. The number of methoxy groups -OCH3 is 2. The van der Waals surface area contributed by atoms with Crippen molar-refractivity contribution in [3.63, 3.8) is 0 Å². The number of aliphatic imine (C=N–C) groups is 1. The molecular formula is C12H12ClNO3. The van der Waals surface area contributed by atoms with Crippen LogP contribution in [0.1, 0.15) is 17.3 Å². The largest absolute Gasteiger partial charge is 0.494 e. The van der Waals surface area contributed by atoms with E-state index in [9.17, 15) is 4.79 Å². The molecule has 0 aromatic heterocycles. The number of fused-ring (bicyclic) bond motifs is 1. The standard InChI is InChI=1S/C12H12ClNO3/c1-6-5-14-10-8(16-2)4-7(13)12(17-3)9(10)11(6)15/h4-6H,1-3H3. The lowest BCUT2D eigenvalue weighted by atomic mass is 9.95. The first kappa shape index (κ1) is 11.9. The van der Waals surface area contributed by atoms with Crippen LogP contribution in [0.5, 0.6) is 11.5 Å². The number of carbonyl (C=O) groups excluding carboxylic acids is 1. The molecule has 1 atom stereocenters. The number of halogens is 1. The molecule has 0 N–H and O–H groups in total. The van der Waals surface area contributed by atoms with E-state index in [1.165, 1.54) is 14.2 Å². The quantitative estimate of drug-likeness (QED) is 0.814. The van der Waals surface area contributed by atoms with E-state index in [4.69, 9.17) is 21.1 Å². The molecule has 0 fully saturated rings. The van der Waals surface area contributed by atoms with Crippen LogP contribution in [-0.4, -0.2) is 26.2 Å². The molecule has 4 nitrogen and oxygen atoms in total. The van der Waals surface area contributed by atoms with Crippen molar-refractivity contribution in [1.29, 1.82) is 0 Å². The van der Waals surface area contributed by atoms with Gasteiger partial charge in [0.05, 0.1) is 30.7 Å². The van der Waals surface area contributed by atoms with Crippen molar-refractivity contribution in [3.05, 3.63) is 16.7 Å². The van der Waals surface area contributed by atoms with Gasteiger partial charge in [-0.25, -0.2) is 0 Å². The van der Waals surface area contributed by atoms with E-state index >= 15 is 0 Å². The van der Waals surface area contributed by atoms with Crippen molar-refractivity contribution in [2.75, 3.05) is 14.2 Å². The van der Waals surface area contributed by atoms with Crippen LogP contribution < -0.4 is 9.47 Å². The van der Waals surface area contributed by atoms with Crippen molar-refractivity contribution >= 4 is 29.3 Å². The molecule has 0 spiro atoms. The summed E-state index contributed by atoms with van der Waals surface area (Å²) in [7, 11) is 2.99. The number of hydrogen-bond donors (Lipinski definition) is 0. The van der Waals surface area contributed by atoms with E-state index < -0.39 is 0 Å². The molecule has 1 heterocycles. The van der Waals surface area contributed by atoms with Gasteiger partial charge in [-0.1, -0.05) is 18.5 Å². The van der Waals surface area contributed by atoms with Crippen LogP contribution in [0, 0.1) is 5.92 Å². The number of ether oxygens (including phenoxy) is 2. The minimum absolute atomic E-state index is 0.0624. The molecule has 0 amide bonds. The first-order chi connectivity index (χ1) is 8.10. The zero-order valence-corrected chi connectivity index (χ0v) is 10.5. The van der Waals surface area contributed by atoms with Gasteiger partial charge in [0.25, 0.3) is 0 Å². The average Bonchev–Trinajstić information content (AvgIpc) is 2.33. The second kappa shape index (κ2) is 4.37. The smallest absolute Gasteiger partial charge is 0.177 e. The van der Waals surface area contributed by atoms with Gasteiger partial charge in [-0.2, -0.15) is 0 Å². The molecule has 0 saturated carbocycles. The van der Waals surface area contributed by atoms with E-state index in [0.29, 0.717) is 27.8 Å². The Morgan fingerprint density at radius 3 is 2.65 bits per heavy atom. The highest BCUT2D eigenvalue weighted by molar-refractivity contribution is 6.33. The van der Waals surface area contributed by atoms with Crippen molar-refractivity contribution in [2.45, 2.75) is 6.92 Å². The summed E-state index contributed by atoms with van der Waals surface area (Å²) >= 11 is 6.05. The Kier molecular flexibility index (Phi) is 3.07. The molecule has 0 radical (unpaired) electrons. The van der Waals surface area contributed by atoms with Crippen LogP contribution in [0.3, 0.4) is 0 Å². The summed E-state index contributed by atoms with van der Waals surface area (Å²) in [6.07, 6.45) is 1.60. The topological polar surface area (TPSA) is 47.9 Å². The van der Waals surface area contributed by atoms with Gasteiger partial charge in [0, 0.05) is 12.3 Å². The third-order valence-corrected chi connectivity index (χ3v) is 2.96. The molecule has 1 aliphatic rings. The summed E-state index contributed by atoms with van der Waals surface area (Å²) in [6, 6.07) is 1.60. The molecule has 0 aliphatic carbocycles. The molecule has 1 unspecified atom stereocenters. The van der Waals surface area contributed by atoms with Gasteiger partial charge in [-0.3, -0.25) is 9.79 Å². The number of rotatable bonds is 2. The monoisotopic (exact) mass is 253 g/mol. The maximum Gasteiger partial charge on any atom is 0.177 e. The van der Waals surface area contributed by atoms with Crippen LogP contribution in [-0.2, 0) is 0 Å². The second-order valence-electron chi connectivity index (χ2n) is 3.75. The number of carbonyl (C=O) groups is 1. The second-order valence-corrected chi connectivity index (χ2v) is 4.16. The highest BCUT2D eigenvalue weighted by Crippen LogP contribution is 2.45. The van der Waals surface area contributed by atoms with Crippen molar-refractivity contribution in [3.8, 4) is 11.5 Å². The lowest BCUT2D eigenvalue weighted by Gasteiger charge is -2.19. The third-order valence-electron chi connectivity index (χ3n) is 2.68. The Morgan fingerprint density at radius 2 is 2.06 bits per heavy atom. The predicted molar refractivity (Wildman–Crippen MR) is 66.2 cm³/mol. The Bertz CT molecular complexity index is 511. The third kappa shape index (κ3) is 1.78. The molecular weight excluding hydrogens is 242 g/mol. The van der Waals surface area contributed by atoms with Crippen LogP contribution in [0.2, 0.25) is 5.02 Å². The first-order valence-electron chi connectivity index (χ1n) is 5.13. The zero-order chi connectivity index (χ0) is 12.6. The lowest BCUT2D eigenvalue weighted by Crippen LogP contribution is -2.17. The van der Waals surface area contributed by atoms with Crippen LogP contribution in [0.15, 0.2) is 11.1 Å². The van der Waals surface area contributed by atoms with Crippen molar-refractivity contribution in [1.82, 2.24) is 0 Å². The van der Waals surface area contributed by atoms with E-state index in [1.807, 2.05) is 0 Å². The summed E-state index contributed by atoms with van der Waals surface area (Å²) in [6.45, 7) is 1.78. The molecule has 0 saturated heterocycles. The number of hydrogen-bond acceptors (Lipinski definition) is 4. The summed E-state index contributed by atoms with van der Waals surface area (Å²) in [4.78, 5) is 16.4. The molecule has 1 aliphatic heterocycles. The molecule has 2 rings (SSSR count). The maximum atomic E-state index is 12.1. The minimum Gasteiger partial charge on any atom is -0.494 e. The van der Waals surface area contributed by atoms with Crippen molar-refractivity contribution < 1.29 is 14.3 Å². The van der Waals surface area contributed by atoms with Crippen LogP contribution in [0.25, 0.3) is 0 Å². The number of benzene rings is 1. The van der Waals surface area contributed by atoms with Gasteiger partial charge in [-0.15, -0.1) is 0 Å². The van der Waals surface area contributed by atoms with Gasteiger partial charge < -0.3 is 9.47 Å². The Morgan fingerprint density at radius 1 is 1.35 bits per heavy atom. The Hall–Kier alpha value is -1.55. The van der Waals surface area contributed by atoms with E-state index in [-0.39, 0.29) is 11.7 Å². The van der Waals surface area contributed by atoms with E-state index in [2.05, 4.69) is 4.99 Å². The lowest BCUT2D eigenvalue weighted by molar-refractivity contribution is 0.0959. The maximum absolute atomic E-state index is 12.1. The molecule has 1 aromatic rings. The van der Waals surface area contributed by atoms with Gasteiger partial charge >= 0.3 is 0 Å². The Labute approximate surface area is 104 Å². The Balaban J connectivity index is 2.77. The predicted octanol–water partition coefficient (Wildman–Crippen LogP) is 2.89.